The van der Waals surface area contributed by atoms with E-state index in [2.05, 4.69) is 608 Å². The lowest BCUT2D eigenvalue weighted by molar-refractivity contribution is 0.641. The van der Waals surface area contributed by atoms with Gasteiger partial charge in [0.2, 0.25) is 0 Å². The highest BCUT2D eigenvalue weighted by Crippen LogP contribution is 2.46. The number of benzene rings is 19. The molecule has 1 unspecified atom stereocenters. The van der Waals surface area contributed by atoms with Crippen LogP contribution in [0.4, 0.5) is 85.3 Å². The Balaban J connectivity index is 0.000000159. The molecule has 0 aliphatic carbocycles. The fraction of sp³-hybridized carbons (Fsp3) is 0.168. The lowest BCUT2D eigenvalue weighted by Gasteiger charge is -2.29. The quantitative estimate of drug-likeness (QED) is 0.0528. The van der Waals surface area contributed by atoms with Gasteiger partial charge in [-0.3, -0.25) is 0 Å². The zero-order chi connectivity index (χ0) is 101. The van der Waals surface area contributed by atoms with Crippen LogP contribution in [-0.2, 0) is 10.8 Å². The van der Waals surface area contributed by atoms with Gasteiger partial charge in [-0.2, -0.15) is 0 Å². The Labute approximate surface area is 853 Å². The molecule has 0 aromatic heterocycles. The van der Waals surface area contributed by atoms with Gasteiger partial charge in [0.1, 0.15) is 0 Å². The summed E-state index contributed by atoms with van der Waals surface area (Å²) in [7, 11) is 6.38. The van der Waals surface area contributed by atoms with Crippen LogP contribution in [-0.4, -0.2) is 21.1 Å². The van der Waals surface area contributed by atoms with Crippen molar-refractivity contribution in [3.63, 3.8) is 0 Å². The monoisotopic (exact) mass is 1870 g/mol. The molecule has 19 rings (SSSR count). The molecule has 0 radical (unpaired) electrons. The number of hydrogen-bond donors (Lipinski definition) is 0. The van der Waals surface area contributed by atoms with Crippen molar-refractivity contribution in [2.45, 2.75) is 134 Å². The van der Waals surface area contributed by atoms with E-state index in [0.717, 1.165) is 51.2 Å². The third-order valence-electron chi connectivity index (χ3n) is 27.9. The van der Waals surface area contributed by atoms with Gasteiger partial charge in [-0.15, -0.1) is 0 Å². The van der Waals surface area contributed by atoms with Crippen LogP contribution in [0.5, 0.6) is 0 Å². The number of rotatable bonds is 25. The van der Waals surface area contributed by atoms with Crippen LogP contribution in [0.25, 0.3) is 33.4 Å². The highest BCUT2D eigenvalue weighted by Gasteiger charge is 2.28. The minimum absolute atomic E-state index is 0.102. The van der Waals surface area contributed by atoms with Gasteiger partial charge in [0.05, 0.1) is 0 Å². The van der Waals surface area contributed by atoms with Gasteiger partial charge in [-0.25, -0.2) is 0 Å². The molecule has 19 aromatic carbocycles. The molecule has 0 aliphatic rings. The average Bonchev–Trinajstić information content (AvgIpc) is 0.786. The summed E-state index contributed by atoms with van der Waals surface area (Å²) in [4.78, 5) is 13.7. The second kappa shape index (κ2) is 46.8. The third-order valence-corrected chi connectivity index (χ3v) is 27.9. The first-order valence-electron chi connectivity index (χ1n) is 50.5. The SMILES string of the molecule is CC.CC.Cc1ccc(-c2ccc(N(c3ccc(C(c4ccccc4)c4ccc(N(C)c5ccc(C)c(C)c5)cc4)cc3)c3ccc(C)c(C)c3)cc2)cc1.Cc1ccc(-c2ccc(N(c3ccc(C)cc3)c3ccc(C(C)(C)c4ccc(N(C)c5ccc(C)cc5)cc4)cc3)cc2)cc1.Cc1ccc(-c2ccc(N(c3ccccc3)c3ccc(C(C)(C)c4ccc(N(C)c5ccccc5)cc4)cc3)cc2)cc1. The van der Waals surface area contributed by atoms with Crippen molar-refractivity contribution in [3.8, 4) is 33.4 Å². The van der Waals surface area contributed by atoms with Gasteiger partial charge < -0.3 is 29.4 Å². The molecule has 0 saturated heterocycles. The number of aryl methyl sites for hydroxylation is 9. The van der Waals surface area contributed by atoms with Gasteiger partial charge in [0.25, 0.3) is 0 Å². The fourth-order valence-corrected chi connectivity index (χ4v) is 18.4. The van der Waals surface area contributed by atoms with E-state index in [1.807, 2.05) is 27.7 Å². The summed E-state index contributed by atoms with van der Waals surface area (Å²) in [5, 5.41) is 0. The highest BCUT2D eigenvalue weighted by atomic mass is 15.2. The molecular formula is C137H138N6. The molecule has 0 N–H and O–H groups in total. The predicted molar refractivity (Wildman–Crippen MR) is 619 cm³/mol. The average molecular weight is 1870 g/mol. The van der Waals surface area contributed by atoms with Crippen LogP contribution in [0.1, 0.15) is 150 Å². The van der Waals surface area contributed by atoms with E-state index in [4.69, 9.17) is 0 Å². The van der Waals surface area contributed by atoms with Gasteiger partial charge >= 0.3 is 0 Å². The molecule has 0 saturated carbocycles. The van der Waals surface area contributed by atoms with Crippen molar-refractivity contribution in [1.29, 1.82) is 0 Å². The van der Waals surface area contributed by atoms with Gasteiger partial charge in [-0.1, -0.05) is 368 Å². The summed E-state index contributed by atoms with van der Waals surface area (Å²) in [6.07, 6.45) is 0. The summed E-state index contributed by atoms with van der Waals surface area (Å²) in [6, 6.07) is 170. The minimum Gasteiger partial charge on any atom is -0.345 e. The summed E-state index contributed by atoms with van der Waals surface area (Å²) >= 11 is 0. The summed E-state index contributed by atoms with van der Waals surface area (Å²) < 4.78 is 0. The maximum atomic E-state index is 2.37. The van der Waals surface area contributed by atoms with E-state index in [1.165, 1.54) is 157 Å². The maximum absolute atomic E-state index is 2.37. The molecule has 0 amide bonds. The van der Waals surface area contributed by atoms with E-state index < -0.39 is 0 Å². The van der Waals surface area contributed by atoms with Crippen molar-refractivity contribution in [2.75, 3.05) is 50.5 Å². The Kier molecular flexibility index (Phi) is 33.2. The fourth-order valence-electron chi connectivity index (χ4n) is 18.4. The molecule has 6 nitrogen and oxygen atoms in total. The zero-order valence-electron chi connectivity index (χ0n) is 87.2. The zero-order valence-corrected chi connectivity index (χ0v) is 87.2. The summed E-state index contributed by atoms with van der Waals surface area (Å²) in [5.41, 5.74) is 44.8. The lowest BCUT2D eigenvalue weighted by Crippen LogP contribution is -2.19. The number of hydrogen-bond acceptors (Lipinski definition) is 6. The smallest absolute Gasteiger partial charge is 0.0464 e. The van der Waals surface area contributed by atoms with Crippen LogP contribution in [0, 0.1) is 62.3 Å². The molecule has 0 heterocycles. The number of nitrogens with zero attached hydrogens (tertiary/aromatic N) is 6. The Hall–Kier alpha value is -16.0. The normalized spacial score (nSPS) is 11.2. The van der Waals surface area contributed by atoms with Gasteiger partial charge in [0.15, 0.2) is 0 Å². The summed E-state index contributed by atoms with van der Waals surface area (Å²) in [6.45, 7) is 36.6. The van der Waals surface area contributed by atoms with Gasteiger partial charge in [-0.05, 0) is 339 Å². The second-order valence-electron chi connectivity index (χ2n) is 38.3. The molecule has 0 fully saturated rings. The third kappa shape index (κ3) is 24.4. The number of anilines is 15. The van der Waals surface area contributed by atoms with Crippen molar-refractivity contribution in [3.05, 3.63) is 556 Å². The van der Waals surface area contributed by atoms with Crippen LogP contribution in [0.2, 0.25) is 0 Å². The summed E-state index contributed by atoms with van der Waals surface area (Å²) in [5.74, 6) is 0.102. The first-order chi connectivity index (χ1) is 69.3. The van der Waals surface area contributed by atoms with E-state index in [9.17, 15) is 0 Å². The minimum atomic E-state index is -0.149. The van der Waals surface area contributed by atoms with E-state index in [0.29, 0.717) is 0 Å². The van der Waals surface area contributed by atoms with Crippen molar-refractivity contribution in [2.24, 2.45) is 0 Å². The lowest BCUT2D eigenvalue weighted by atomic mass is 9.78. The molecule has 1 atom stereocenters. The Bertz CT molecular complexity index is 7230. The van der Waals surface area contributed by atoms with Crippen molar-refractivity contribution in [1.82, 2.24) is 0 Å². The maximum Gasteiger partial charge on any atom is 0.0464 e. The Morgan fingerprint density at radius 3 is 0.629 bits per heavy atom. The van der Waals surface area contributed by atoms with Crippen LogP contribution in [0.15, 0.2) is 467 Å². The van der Waals surface area contributed by atoms with Crippen LogP contribution in [0.3, 0.4) is 0 Å². The highest BCUT2D eigenvalue weighted by molar-refractivity contribution is 5.83. The predicted octanol–water partition coefficient (Wildman–Crippen LogP) is 38.4. The van der Waals surface area contributed by atoms with E-state index in [1.54, 1.807) is 0 Å². The van der Waals surface area contributed by atoms with Gasteiger partial charge in [0, 0.05) is 123 Å². The molecule has 0 bridgehead atoms. The first-order valence-corrected chi connectivity index (χ1v) is 50.5. The molecular weight excluding hydrogens is 1730 g/mol. The second-order valence-corrected chi connectivity index (χ2v) is 38.3. The van der Waals surface area contributed by atoms with Crippen LogP contribution < -0.4 is 29.4 Å². The first kappa shape index (κ1) is 101. The molecule has 716 valence electrons. The standard InChI is InChI=1S/C49H46N2.C43H42N2.C41H38N2.2C2H6/c1-34-12-16-39(17-13-34)40-18-28-45(29-19-40)51(48-25-15-36(3)38(5)33-48)46-30-22-43(23-31-46)49(41-10-8-7-9-11-41)42-20-26-44(27-21-42)50(6)47-24-14-35(2)37(4)32-47;1-31-7-13-34(14-8-31)35-15-25-41(26-16-35)45(40-23-11-33(3)12-24-40)42-29-19-37(20-30-42)43(4,5)36-17-27-39(28-18-36)44(6)38-21-9-32(2)10-22-38;1-31-15-17-32(18-16-31)33-19-25-39(26-20-33)43(38-13-9-6-10-14-38)40-29-23-35(24-30-40)41(2,3)34-21-27-37(28-22-34)42(4)36-11-7-5-8-12-36;2*1-2/h7-33,49H,1-6H3;7-30H,1-6H3;5-30H,1-4H3;2*1-2H3. The van der Waals surface area contributed by atoms with E-state index >= 15 is 0 Å². The molecule has 0 aliphatic heterocycles. The van der Waals surface area contributed by atoms with E-state index in [-0.39, 0.29) is 16.7 Å². The Morgan fingerprint density at radius 2 is 0.336 bits per heavy atom. The molecule has 143 heavy (non-hydrogen) atoms. The van der Waals surface area contributed by atoms with Crippen LogP contribution >= 0.6 is 0 Å². The Morgan fingerprint density at radius 1 is 0.161 bits per heavy atom. The molecule has 19 aromatic rings. The van der Waals surface area contributed by atoms with Crippen molar-refractivity contribution < 1.29 is 0 Å². The molecule has 0 spiro atoms. The number of para-hydroxylation sites is 2. The largest absolute Gasteiger partial charge is 0.345 e. The molecule has 6 heteroatoms. The topological polar surface area (TPSA) is 19.4 Å². The van der Waals surface area contributed by atoms with Crippen molar-refractivity contribution >= 4 is 85.3 Å².